The van der Waals surface area contributed by atoms with Gasteiger partial charge in [0.15, 0.2) is 0 Å². The highest BCUT2D eigenvalue weighted by molar-refractivity contribution is 5.78. The maximum absolute atomic E-state index is 8.86. The fourth-order valence-corrected chi connectivity index (χ4v) is 1.86. The summed E-state index contributed by atoms with van der Waals surface area (Å²) in [4.78, 5) is 4.42. The Bertz CT molecular complexity index is 566. The van der Waals surface area contributed by atoms with E-state index in [4.69, 9.17) is 10.00 Å². The summed E-state index contributed by atoms with van der Waals surface area (Å²) in [5.74, 6) is 0. The van der Waals surface area contributed by atoms with E-state index in [0.29, 0.717) is 18.2 Å². The van der Waals surface area contributed by atoms with E-state index in [1.807, 2.05) is 19.1 Å². The van der Waals surface area contributed by atoms with Crippen LogP contribution in [0, 0.1) is 11.3 Å². The quantitative estimate of drug-likeness (QED) is 0.810. The van der Waals surface area contributed by atoms with Gasteiger partial charge in [-0.3, -0.25) is 4.57 Å². The number of fused-ring (bicyclic) bond motifs is 1. The molecule has 4 heteroatoms. The number of aryl methyl sites for hydroxylation is 1. The van der Waals surface area contributed by atoms with E-state index in [9.17, 15) is 0 Å². The van der Waals surface area contributed by atoms with E-state index in [-0.39, 0.29) is 0 Å². The lowest BCUT2D eigenvalue weighted by atomic mass is 10.2. The van der Waals surface area contributed by atoms with Gasteiger partial charge in [0.05, 0.1) is 29.3 Å². The van der Waals surface area contributed by atoms with Crippen molar-refractivity contribution in [3.05, 3.63) is 23.8 Å². The molecule has 0 bridgehead atoms. The minimum atomic E-state index is 0.595. The predicted octanol–water partition coefficient (Wildman–Crippen LogP) is 2.72. The molecule has 0 aliphatic carbocycles. The zero-order chi connectivity index (χ0) is 12.3. The number of hydrogen-bond acceptors (Lipinski definition) is 3. The first-order chi connectivity index (χ1) is 8.30. The minimum absolute atomic E-state index is 0.595. The van der Waals surface area contributed by atoms with Gasteiger partial charge in [0, 0.05) is 6.54 Å². The van der Waals surface area contributed by atoms with Crippen LogP contribution in [0.2, 0.25) is 0 Å². The molecule has 0 aliphatic rings. The van der Waals surface area contributed by atoms with Crippen molar-refractivity contribution in [3.63, 3.8) is 0 Å². The van der Waals surface area contributed by atoms with Crippen LogP contribution in [-0.2, 0) is 6.54 Å². The fourth-order valence-electron chi connectivity index (χ4n) is 1.86. The molecule has 0 unspecified atom stereocenters. The first kappa shape index (κ1) is 11.5. The highest BCUT2D eigenvalue weighted by Gasteiger charge is 2.11. The van der Waals surface area contributed by atoms with Crippen LogP contribution < -0.4 is 4.74 Å². The lowest BCUT2D eigenvalue weighted by Crippen LogP contribution is -2.03. The Morgan fingerprint density at radius 3 is 2.88 bits per heavy atom. The molecular weight excluding hydrogens is 214 g/mol. The van der Waals surface area contributed by atoms with Gasteiger partial charge in [0.2, 0.25) is 0 Å². The molecule has 4 nitrogen and oxygen atoms in total. The maximum Gasteiger partial charge on any atom is 0.297 e. The van der Waals surface area contributed by atoms with E-state index in [0.717, 1.165) is 24.0 Å². The topological polar surface area (TPSA) is 50.8 Å². The zero-order valence-electron chi connectivity index (χ0n) is 10.1. The van der Waals surface area contributed by atoms with Crippen LogP contribution in [0.15, 0.2) is 18.2 Å². The van der Waals surface area contributed by atoms with Gasteiger partial charge in [-0.05, 0) is 31.5 Å². The summed E-state index contributed by atoms with van der Waals surface area (Å²) >= 11 is 0. The van der Waals surface area contributed by atoms with Crippen LogP contribution in [0.1, 0.15) is 25.8 Å². The van der Waals surface area contributed by atoms with E-state index >= 15 is 0 Å². The Hall–Kier alpha value is -2.02. The first-order valence-electron chi connectivity index (χ1n) is 5.83. The molecule has 1 heterocycles. The maximum atomic E-state index is 8.86. The van der Waals surface area contributed by atoms with Gasteiger partial charge in [0.1, 0.15) is 0 Å². The van der Waals surface area contributed by atoms with E-state index in [1.54, 1.807) is 6.07 Å². The van der Waals surface area contributed by atoms with E-state index < -0.39 is 0 Å². The second-order valence-corrected chi connectivity index (χ2v) is 3.79. The largest absolute Gasteiger partial charge is 0.465 e. The first-order valence-corrected chi connectivity index (χ1v) is 5.83. The molecule has 0 amide bonds. The zero-order valence-corrected chi connectivity index (χ0v) is 10.1. The van der Waals surface area contributed by atoms with Gasteiger partial charge in [-0.15, -0.1) is 0 Å². The summed E-state index contributed by atoms with van der Waals surface area (Å²) in [7, 11) is 0. The third-order valence-corrected chi connectivity index (χ3v) is 2.56. The highest BCUT2D eigenvalue weighted by atomic mass is 16.5. The number of hydrogen-bond donors (Lipinski definition) is 0. The fraction of sp³-hybridized carbons (Fsp3) is 0.385. The van der Waals surface area contributed by atoms with Crippen molar-refractivity contribution in [3.8, 4) is 12.1 Å². The molecule has 0 saturated carbocycles. The minimum Gasteiger partial charge on any atom is -0.465 e. The van der Waals surface area contributed by atoms with Crippen LogP contribution in [0.3, 0.4) is 0 Å². The highest BCUT2D eigenvalue weighted by Crippen LogP contribution is 2.22. The molecule has 0 radical (unpaired) electrons. The van der Waals surface area contributed by atoms with Gasteiger partial charge in [-0.1, -0.05) is 6.92 Å². The second kappa shape index (κ2) is 4.88. The molecule has 2 rings (SSSR count). The number of nitriles is 1. The third kappa shape index (κ3) is 2.09. The number of benzene rings is 1. The molecule has 1 aromatic heterocycles. The lowest BCUT2D eigenvalue weighted by Gasteiger charge is -2.06. The Kier molecular flexibility index (Phi) is 3.29. The van der Waals surface area contributed by atoms with Gasteiger partial charge in [-0.2, -0.15) is 10.2 Å². The van der Waals surface area contributed by atoms with Crippen LogP contribution in [-0.4, -0.2) is 16.2 Å². The Balaban J connectivity index is 2.57. The summed E-state index contributed by atoms with van der Waals surface area (Å²) in [6, 6.07) is 8.30. The standard InChI is InChI=1S/C13H15N3O/c1-3-7-16-12-6-5-10(9-14)8-11(12)15-13(16)17-4-2/h5-6,8H,3-4,7H2,1-2H3. The Morgan fingerprint density at radius 2 is 2.24 bits per heavy atom. The Labute approximate surface area is 100 Å². The predicted molar refractivity (Wildman–Crippen MR) is 65.9 cm³/mol. The van der Waals surface area contributed by atoms with Crippen molar-refractivity contribution in [1.82, 2.24) is 9.55 Å². The normalized spacial score (nSPS) is 10.4. The molecule has 17 heavy (non-hydrogen) atoms. The molecule has 88 valence electrons. The van der Waals surface area contributed by atoms with Crippen LogP contribution >= 0.6 is 0 Å². The third-order valence-electron chi connectivity index (χ3n) is 2.56. The van der Waals surface area contributed by atoms with Crippen molar-refractivity contribution >= 4 is 11.0 Å². The molecule has 0 fully saturated rings. The van der Waals surface area contributed by atoms with Crippen molar-refractivity contribution < 1.29 is 4.74 Å². The van der Waals surface area contributed by atoms with Crippen LogP contribution in [0.25, 0.3) is 11.0 Å². The van der Waals surface area contributed by atoms with Gasteiger partial charge in [0.25, 0.3) is 6.01 Å². The second-order valence-electron chi connectivity index (χ2n) is 3.79. The number of rotatable bonds is 4. The smallest absolute Gasteiger partial charge is 0.297 e. The average molecular weight is 229 g/mol. The van der Waals surface area contributed by atoms with Crippen molar-refractivity contribution in [2.24, 2.45) is 0 Å². The molecule has 1 aromatic carbocycles. The molecular formula is C13H15N3O. The molecule has 2 aromatic rings. The monoisotopic (exact) mass is 229 g/mol. The molecule has 0 aliphatic heterocycles. The molecule has 0 saturated heterocycles. The van der Waals surface area contributed by atoms with Gasteiger partial charge < -0.3 is 4.74 Å². The van der Waals surface area contributed by atoms with Crippen molar-refractivity contribution in [2.45, 2.75) is 26.8 Å². The molecule has 0 N–H and O–H groups in total. The molecule has 0 atom stereocenters. The number of imidazole rings is 1. The summed E-state index contributed by atoms with van der Waals surface area (Å²) in [6.45, 7) is 5.53. The van der Waals surface area contributed by atoms with E-state index in [2.05, 4.69) is 22.5 Å². The SMILES string of the molecule is CCCn1c(OCC)nc2cc(C#N)ccc21. The lowest BCUT2D eigenvalue weighted by molar-refractivity contribution is 0.298. The Morgan fingerprint density at radius 1 is 1.41 bits per heavy atom. The summed E-state index contributed by atoms with van der Waals surface area (Å²) in [6.07, 6.45) is 1.02. The summed E-state index contributed by atoms with van der Waals surface area (Å²) in [5, 5.41) is 8.86. The average Bonchev–Trinajstić information content (AvgIpc) is 2.68. The van der Waals surface area contributed by atoms with Crippen molar-refractivity contribution in [1.29, 1.82) is 5.26 Å². The van der Waals surface area contributed by atoms with Gasteiger partial charge >= 0.3 is 0 Å². The summed E-state index contributed by atoms with van der Waals surface area (Å²) in [5.41, 5.74) is 2.47. The summed E-state index contributed by atoms with van der Waals surface area (Å²) < 4.78 is 7.57. The van der Waals surface area contributed by atoms with Crippen LogP contribution in [0.4, 0.5) is 0 Å². The van der Waals surface area contributed by atoms with E-state index in [1.165, 1.54) is 0 Å². The number of nitrogens with zero attached hydrogens (tertiary/aromatic N) is 3. The number of aromatic nitrogens is 2. The van der Waals surface area contributed by atoms with Gasteiger partial charge in [-0.25, -0.2) is 0 Å². The number of ether oxygens (including phenoxy) is 1. The molecule has 0 spiro atoms. The van der Waals surface area contributed by atoms with Crippen molar-refractivity contribution in [2.75, 3.05) is 6.61 Å². The van der Waals surface area contributed by atoms with Crippen LogP contribution in [0.5, 0.6) is 6.01 Å².